The van der Waals surface area contributed by atoms with Gasteiger partial charge in [0.1, 0.15) is 16.6 Å². The first-order chi connectivity index (χ1) is 8.65. The van der Waals surface area contributed by atoms with Crippen LogP contribution in [-0.4, -0.2) is 16.0 Å². The molecule has 2 aromatic rings. The smallest absolute Gasteiger partial charge is 0.126 e. The molecular formula is C13H15N3OS. The summed E-state index contributed by atoms with van der Waals surface area (Å²) in [7, 11) is 0. The van der Waals surface area contributed by atoms with E-state index in [1.807, 2.05) is 18.2 Å². The third-order valence-electron chi connectivity index (χ3n) is 2.53. The lowest BCUT2D eigenvalue weighted by Gasteiger charge is -2.13. The van der Waals surface area contributed by atoms with Crippen molar-refractivity contribution in [2.45, 2.75) is 19.4 Å². The molecular weight excluding hydrogens is 246 g/mol. The number of pyridine rings is 1. The van der Waals surface area contributed by atoms with Crippen molar-refractivity contribution in [1.29, 1.82) is 0 Å². The van der Waals surface area contributed by atoms with E-state index in [-0.39, 0.29) is 6.04 Å². The number of furan rings is 1. The molecule has 3 N–H and O–H groups in total. The summed E-state index contributed by atoms with van der Waals surface area (Å²) in [6, 6.07) is 7.70. The van der Waals surface area contributed by atoms with Crippen LogP contribution >= 0.6 is 12.2 Å². The van der Waals surface area contributed by atoms with Gasteiger partial charge in [-0.3, -0.25) is 0 Å². The molecule has 0 aliphatic carbocycles. The number of hydrogen-bond donors (Lipinski definition) is 2. The van der Waals surface area contributed by atoms with E-state index in [0.717, 1.165) is 23.6 Å². The van der Waals surface area contributed by atoms with Crippen molar-refractivity contribution in [2.24, 2.45) is 5.73 Å². The highest BCUT2D eigenvalue weighted by atomic mass is 32.1. The summed E-state index contributed by atoms with van der Waals surface area (Å²) in [5.74, 6) is 1.71. The van der Waals surface area contributed by atoms with Crippen LogP contribution in [0.5, 0.6) is 0 Å². The van der Waals surface area contributed by atoms with E-state index in [4.69, 9.17) is 22.4 Å². The number of nitrogens with two attached hydrogens (primary N) is 1. The molecule has 5 heteroatoms. The van der Waals surface area contributed by atoms with Gasteiger partial charge in [0.2, 0.25) is 0 Å². The van der Waals surface area contributed by atoms with Crippen LogP contribution in [-0.2, 0) is 6.42 Å². The first kappa shape index (κ1) is 12.6. The van der Waals surface area contributed by atoms with Gasteiger partial charge in [-0.15, -0.1) is 0 Å². The van der Waals surface area contributed by atoms with Gasteiger partial charge < -0.3 is 15.5 Å². The van der Waals surface area contributed by atoms with E-state index in [1.54, 1.807) is 18.5 Å². The zero-order valence-electron chi connectivity index (χ0n) is 10.1. The first-order valence-electron chi connectivity index (χ1n) is 5.70. The summed E-state index contributed by atoms with van der Waals surface area (Å²) in [5.41, 5.74) is 6.40. The van der Waals surface area contributed by atoms with Crippen molar-refractivity contribution in [3.8, 4) is 0 Å². The Morgan fingerprint density at radius 3 is 3.06 bits per heavy atom. The number of thiocarbonyl (C=S) groups is 1. The van der Waals surface area contributed by atoms with E-state index < -0.39 is 0 Å². The minimum Gasteiger partial charge on any atom is -0.469 e. The number of anilines is 1. The molecule has 0 aliphatic rings. The van der Waals surface area contributed by atoms with E-state index in [2.05, 4.69) is 17.2 Å². The van der Waals surface area contributed by atoms with E-state index >= 15 is 0 Å². The van der Waals surface area contributed by atoms with Crippen LogP contribution in [0.15, 0.2) is 41.1 Å². The Labute approximate surface area is 111 Å². The standard InChI is InChI=1S/C13H15N3OS/c1-9(7-11-3-2-6-17-11)16-12-8-10(13(14)18)4-5-15-12/h2-6,8-9H,7H2,1H3,(H2,14,18)(H,15,16). The summed E-state index contributed by atoms with van der Waals surface area (Å²) in [6.45, 7) is 2.07. The number of aromatic nitrogens is 1. The molecule has 0 bridgehead atoms. The normalized spacial score (nSPS) is 12.1. The Hall–Kier alpha value is -1.88. The quantitative estimate of drug-likeness (QED) is 0.809. The van der Waals surface area contributed by atoms with Crippen LogP contribution in [0, 0.1) is 0 Å². The molecule has 0 saturated heterocycles. The fourth-order valence-electron chi connectivity index (χ4n) is 1.70. The van der Waals surface area contributed by atoms with Gasteiger partial charge in [-0.05, 0) is 31.2 Å². The lowest BCUT2D eigenvalue weighted by Crippen LogP contribution is -2.19. The SMILES string of the molecule is CC(Cc1ccco1)Nc1cc(C(N)=S)ccn1. The second-order valence-electron chi connectivity index (χ2n) is 4.12. The second-order valence-corrected chi connectivity index (χ2v) is 4.56. The molecule has 1 atom stereocenters. The molecule has 0 fully saturated rings. The van der Waals surface area contributed by atoms with Gasteiger partial charge in [-0.25, -0.2) is 4.98 Å². The van der Waals surface area contributed by atoms with Crippen molar-refractivity contribution in [3.63, 3.8) is 0 Å². The second kappa shape index (κ2) is 5.64. The van der Waals surface area contributed by atoms with Crippen LogP contribution in [0.4, 0.5) is 5.82 Å². The molecule has 2 aromatic heterocycles. The highest BCUT2D eigenvalue weighted by molar-refractivity contribution is 7.80. The molecule has 0 radical (unpaired) electrons. The third kappa shape index (κ3) is 3.30. The Bertz CT molecular complexity index is 525. The molecule has 2 rings (SSSR count). The maximum Gasteiger partial charge on any atom is 0.126 e. The molecule has 0 amide bonds. The number of nitrogens with one attached hydrogen (secondary N) is 1. The molecule has 0 saturated carbocycles. The highest BCUT2D eigenvalue weighted by Crippen LogP contribution is 2.11. The predicted octanol–water partition coefficient (Wildman–Crippen LogP) is 2.35. The Morgan fingerprint density at radius 1 is 1.56 bits per heavy atom. The Morgan fingerprint density at radius 2 is 2.39 bits per heavy atom. The monoisotopic (exact) mass is 261 g/mol. The van der Waals surface area contributed by atoms with Crippen molar-refractivity contribution in [3.05, 3.63) is 48.0 Å². The van der Waals surface area contributed by atoms with Crippen LogP contribution < -0.4 is 11.1 Å². The molecule has 0 spiro atoms. The van der Waals surface area contributed by atoms with Gasteiger partial charge in [0.05, 0.1) is 6.26 Å². The molecule has 2 heterocycles. The summed E-state index contributed by atoms with van der Waals surface area (Å²) < 4.78 is 5.30. The molecule has 1 unspecified atom stereocenters. The fraction of sp³-hybridized carbons (Fsp3) is 0.231. The van der Waals surface area contributed by atoms with E-state index in [9.17, 15) is 0 Å². The van der Waals surface area contributed by atoms with Gasteiger partial charge in [0, 0.05) is 24.2 Å². The average molecular weight is 261 g/mol. The minimum atomic E-state index is 0.213. The van der Waals surface area contributed by atoms with Crippen molar-refractivity contribution in [1.82, 2.24) is 4.98 Å². The minimum absolute atomic E-state index is 0.213. The fourth-order valence-corrected chi connectivity index (χ4v) is 1.82. The molecule has 0 aliphatic heterocycles. The topological polar surface area (TPSA) is 64.1 Å². The predicted molar refractivity (Wildman–Crippen MR) is 75.6 cm³/mol. The lowest BCUT2D eigenvalue weighted by atomic mass is 10.2. The summed E-state index contributed by atoms with van der Waals surface area (Å²) in [4.78, 5) is 4.61. The third-order valence-corrected chi connectivity index (χ3v) is 2.76. The first-order valence-corrected chi connectivity index (χ1v) is 6.11. The van der Waals surface area contributed by atoms with Gasteiger partial charge in [-0.1, -0.05) is 12.2 Å². The van der Waals surface area contributed by atoms with E-state index in [1.165, 1.54) is 0 Å². The van der Waals surface area contributed by atoms with Crippen LogP contribution in [0.3, 0.4) is 0 Å². The van der Waals surface area contributed by atoms with Gasteiger partial charge in [-0.2, -0.15) is 0 Å². The zero-order chi connectivity index (χ0) is 13.0. The maximum absolute atomic E-state index is 5.58. The van der Waals surface area contributed by atoms with Crippen LogP contribution in [0.25, 0.3) is 0 Å². The zero-order valence-corrected chi connectivity index (χ0v) is 10.9. The van der Waals surface area contributed by atoms with Crippen molar-refractivity contribution in [2.75, 3.05) is 5.32 Å². The van der Waals surface area contributed by atoms with Crippen LogP contribution in [0.1, 0.15) is 18.2 Å². The number of nitrogens with zero attached hydrogens (tertiary/aromatic N) is 1. The van der Waals surface area contributed by atoms with Crippen LogP contribution in [0.2, 0.25) is 0 Å². The summed E-state index contributed by atoms with van der Waals surface area (Å²) >= 11 is 4.94. The molecule has 0 aromatic carbocycles. The van der Waals surface area contributed by atoms with Gasteiger partial charge in [0.15, 0.2) is 0 Å². The van der Waals surface area contributed by atoms with Crippen molar-refractivity contribution >= 4 is 23.0 Å². The number of rotatable bonds is 5. The molecule has 4 nitrogen and oxygen atoms in total. The Kier molecular flexibility index (Phi) is 3.94. The summed E-state index contributed by atoms with van der Waals surface area (Å²) in [5, 5.41) is 3.29. The number of hydrogen-bond acceptors (Lipinski definition) is 4. The summed E-state index contributed by atoms with van der Waals surface area (Å²) in [6.07, 6.45) is 4.16. The van der Waals surface area contributed by atoms with Gasteiger partial charge >= 0.3 is 0 Å². The molecule has 94 valence electrons. The Balaban J connectivity index is 2.00. The van der Waals surface area contributed by atoms with Gasteiger partial charge in [0.25, 0.3) is 0 Å². The lowest BCUT2D eigenvalue weighted by molar-refractivity contribution is 0.497. The maximum atomic E-state index is 5.58. The molecule has 18 heavy (non-hydrogen) atoms. The largest absolute Gasteiger partial charge is 0.469 e. The van der Waals surface area contributed by atoms with E-state index in [0.29, 0.717) is 4.99 Å². The average Bonchev–Trinajstić information content (AvgIpc) is 2.82. The van der Waals surface area contributed by atoms with Crippen molar-refractivity contribution < 1.29 is 4.42 Å². The highest BCUT2D eigenvalue weighted by Gasteiger charge is 2.07.